The van der Waals surface area contributed by atoms with Gasteiger partial charge in [0.1, 0.15) is 11.5 Å². The van der Waals surface area contributed by atoms with Gasteiger partial charge in [-0.15, -0.1) is 0 Å². The monoisotopic (exact) mass is 402 g/mol. The number of hydrogen-bond acceptors (Lipinski definition) is 2. The van der Waals surface area contributed by atoms with Gasteiger partial charge in [0.05, 0.1) is 18.8 Å². The van der Waals surface area contributed by atoms with Gasteiger partial charge in [-0.25, -0.2) is 0 Å². The normalized spacial score (nSPS) is 10.7. The Labute approximate surface area is 169 Å². The Morgan fingerprint density at radius 2 is 1.17 bits per heavy atom. The zero-order valence-corrected chi connectivity index (χ0v) is 16.6. The van der Waals surface area contributed by atoms with Crippen molar-refractivity contribution in [3.63, 3.8) is 0 Å². The molecule has 0 aliphatic rings. The quantitative estimate of drug-likeness (QED) is 0.452. The van der Waals surface area contributed by atoms with Crippen molar-refractivity contribution in [2.45, 2.75) is 26.4 Å². The number of benzene rings is 3. The van der Waals surface area contributed by atoms with E-state index in [-0.39, 0.29) is 12.4 Å². The van der Waals surface area contributed by atoms with Crippen LogP contribution in [0.5, 0.6) is 11.5 Å². The zero-order valence-electron chi connectivity index (χ0n) is 16.6. The molecule has 0 aliphatic carbocycles. The number of hydrogen-bond donors (Lipinski definition) is 0. The van der Waals surface area contributed by atoms with Gasteiger partial charge in [0, 0.05) is 6.42 Å². The van der Waals surface area contributed by atoms with Gasteiger partial charge in [0.25, 0.3) is 0 Å². The summed E-state index contributed by atoms with van der Waals surface area (Å²) in [6, 6.07) is 23.9. The summed E-state index contributed by atoms with van der Waals surface area (Å²) in [4.78, 5) is 0. The minimum absolute atomic E-state index is 0.113. The van der Waals surface area contributed by atoms with Crippen LogP contribution in [-0.4, -0.2) is 13.2 Å². The van der Waals surface area contributed by atoms with Crippen LogP contribution in [0.15, 0.2) is 78.9 Å². The van der Waals surface area contributed by atoms with Crippen molar-refractivity contribution in [3.05, 3.63) is 95.6 Å². The Hall–Kier alpha value is -2.95. The van der Waals surface area contributed by atoms with E-state index >= 15 is 0 Å². The molecule has 3 aromatic rings. The fourth-order valence-corrected chi connectivity index (χ4v) is 2.74. The van der Waals surface area contributed by atoms with Crippen LogP contribution in [-0.2, 0) is 12.6 Å². The maximum atomic E-state index is 12.3. The third-order valence-electron chi connectivity index (χ3n) is 4.00. The predicted octanol–water partition coefficient (Wildman–Crippen LogP) is 6.78. The van der Waals surface area contributed by atoms with Crippen molar-refractivity contribution < 1.29 is 22.6 Å². The summed E-state index contributed by atoms with van der Waals surface area (Å²) in [5.41, 5.74) is 1.84. The smallest absolute Gasteiger partial charge is 0.419 e. The van der Waals surface area contributed by atoms with Gasteiger partial charge in [-0.05, 0) is 43.2 Å². The van der Waals surface area contributed by atoms with E-state index in [0.717, 1.165) is 18.2 Å². The summed E-state index contributed by atoms with van der Waals surface area (Å²) >= 11 is 0. The van der Waals surface area contributed by atoms with E-state index in [4.69, 9.17) is 9.47 Å². The zero-order chi connectivity index (χ0) is 21.1. The van der Waals surface area contributed by atoms with Crippen LogP contribution in [0.2, 0.25) is 0 Å². The highest BCUT2D eigenvalue weighted by Crippen LogP contribution is 2.35. The highest BCUT2D eigenvalue weighted by molar-refractivity contribution is 5.37. The summed E-state index contributed by atoms with van der Waals surface area (Å²) < 4.78 is 47.3. The highest BCUT2D eigenvalue weighted by atomic mass is 19.4. The lowest BCUT2D eigenvalue weighted by Crippen LogP contribution is -2.08. The van der Waals surface area contributed by atoms with E-state index in [1.54, 1.807) is 6.92 Å². The lowest BCUT2D eigenvalue weighted by atomic mass is 10.0. The molecule has 0 saturated carbocycles. The first-order valence-corrected chi connectivity index (χ1v) is 9.49. The standard InChI is InChI=1S/C15H16O.C9H9F3O/c1-2-16-15-11-7-6-10-14(15)12-13-8-4-3-5-9-13;1-2-13-8-6-4-3-5-7(8)9(10,11)12/h3-11H,2,12H2,1H3;3-6H,2H2,1H3. The molecule has 3 rings (SSSR count). The summed E-state index contributed by atoms with van der Waals surface area (Å²) in [7, 11) is 0. The maximum Gasteiger partial charge on any atom is 0.419 e. The van der Waals surface area contributed by atoms with E-state index < -0.39 is 11.7 Å². The third kappa shape index (κ3) is 7.18. The Morgan fingerprint density at radius 3 is 1.79 bits per heavy atom. The predicted molar refractivity (Wildman–Crippen MR) is 109 cm³/mol. The molecule has 154 valence electrons. The Kier molecular flexibility index (Phi) is 8.59. The first-order chi connectivity index (χ1) is 14.0. The van der Waals surface area contributed by atoms with Gasteiger partial charge < -0.3 is 9.47 Å². The summed E-state index contributed by atoms with van der Waals surface area (Å²) in [6.07, 6.45) is -3.41. The van der Waals surface area contributed by atoms with Crippen molar-refractivity contribution >= 4 is 0 Å². The van der Waals surface area contributed by atoms with E-state index in [1.165, 1.54) is 29.3 Å². The second-order valence-electron chi connectivity index (χ2n) is 6.13. The van der Waals surface area contributed by atoms with Gasteiger partial charge >= 0.3 is 6.18 Å². The van der Waals surface area contributed by atoms with E-state index in [0.29, 0.717) is 6.61 Å². The molecule has 0 heterocycles. The van der Waals surface area contributed by atoms with Crippen molar-refractivity contribution in [2.24, 2.45) is 0 Å². The average Bonchev–Trinajstić information content (AvgIpc) is 2.71. The molecule has 29 heavy (non-hydrogen) atoms. The molecule has 0 aromatic heterocycles. The van der Waals surface area contributed by atoms with E-state index in [9.17, 15) is 13.2 Å². The molecular weight excluding hydrogens is 377 g/mol. The lowest BCUT2D eigenvalue weighted by Gasteiger charge is -2.11. The fraction of sp³-hybridized carbons (Fsp3) is 0.250. The molecule has 2 nitrogen and oxygen atoms in total. The number of rotatable bonds is 6. The first-order valence-electron chi connectivity index (χ1n) is 9.49. The minimum Gasteiger partial charge on any atom is -0.494 e. The first kappa shape index (κ1) is 22.3. The van der Waals surface area contributed by atoms with Crippen molar-refractivity contribution in [2.75, 3.05) is 13.2 Å². The van der Waals surface area contributed by atoms with Crippen LogP contribution < -0.4 is 9.47 Å². The molecule has 0 aliphatic heterocycles. The van der Waals surface area contributed by atoms with Gasteiger partial charge in [-0.2, -0.15) is 13.2 Å². The van der Waals surface area contributed by atoms with Crippen LogP contribution in [0.1, 0.15) is 30.5 Å². The van der Waals surface area contributed by atoms with Crippen molar-refractivity contribution in [1.29, 1.82) is 0 Å². The summed E-state index contributed by atoms with van der Waals surface area (Å²) in [6.45, 7) is 4.60. The Bertz CT molecular complexity index is 861. The molecule has 0 radical (unpaired) electrons. The summed E-state index contributed by atoms with van der Waals surface area (Å²) in [5.74, 6) is 0.881. The topological polar surface area (TPSA) is 18.5 Å². The van der Waals surface area contributed by atoms with Crippen LogP contribution >= 0.6 is 0 Å². The fourth-order valence-electron chi connectivity index (χ4n) is 2.74. The molecule has 0 unspecified atom stereocenters. The van der Waals surface area contributed by atoms with E-state index in [1.807, 2.05) is 25.1 Å². The molecule has 0 spiro atoms. The van der Waals surface area contributed by atoms with Crippen LogP contribution in [0, 0.1) is 0 Å². The van der Waals surface area contributed by atoms with Crippen LogP contribution in [0.25, 0.3) is 0 Å². The molecule has 0 amide bonds. The minimum atomic E-state index is -4.34. The summed E-state index contributed by atoms with van der Waals surface area (Å²) in [5, 5.41) is 0. The third-order valence-corrected chi connectivity index (χ3v) is 4.00. The molecule has 0 bridgehead atoms. The van der Waals surface area contributed by atoms with Gasteiger partial charge in [0.15, 0.2) is 0 Å². The molecule has 5 heteroatoms. The molecule has 3 aromatic carbocycles. The van der Waals surface area contributed by atoms with Crippen LogP contribution in [0.3, 0.4) is 0 Å². The molecule has 0 saturated heterocycles. The number of para-hydroxylation sites is 2. The molecule has 0 N–H and O–H groups in total. The highest BCUT2D eigenvalue weighted by Gasteiger charge is 2.33. The largest absolute Gasteiger partial charge is 0.494 e. The maximum absolute atomic E-state index is 12.3. The SMILES string of the molecule is CCOc1ccccc1C(F)(F)F.CCOc1ccccc1Cc1ccccc1. The number of halogens is 3. The second-order valence-corrected chi connectivity index (χ2v) is 6.13. The molecule has 0 fully saturated rings. The number of ether oxygens (including phenoxy) is 2. The van der Waals surface area contributed by atoms with Crippen molar-refractivity contribution in [1.82, 2.24) is 0 Å². The van der Waals surface area contributed by atoms with Gasteiger partial charge in [-0.1, -0.05) is 60.7 Å². The van der Waals surface area contributed by atoms with Gasteiger partial charge in [-0.3, -0.25) is 0 Å². The Morgan fingerprint density at radius 1 is 0.655 bits per heavy atom. The number of alkyl halides is 3. The van der Waals surface area contributed by atoms with Gasteiger partial charge in [0.2, 0.25) is 0 Å². The molecular formula is C24H25F3O2. The Balaban J connectivity index is 0.000000212. The van der Waals surface area contributed by atoms with Crippen LogP contribution in [0.4, 0.5) is 13.2 Å². The second kappa shape index (κ2) is 11.1. The molecule has 0 atom stereocenters. The lowest BCUT2D eigenvalue weighted by molar-refractivity contribution is -0.138. The van der Waals surface area contributed by atoms with Crippen molar-refractivity contribution in [3.8, 4) is 11.5 Å². The van der Waals surface area contributed by atoms with E-state index in [2.05, 4.69) is 36.4 Å². The average molecular weight is 402 g/mol.